The highest BCUT2D eigenvalue weighted by Crippen LogP contribution is 2.35. The quantitative estimate of drug-likeness (QED) is 0.887. The van der Waals surface area contributed by atoms with Crippen LogP contribution in [-0.4, -0.2) is 23.7 Å². The number of carbonyl (C=O) groups excluding carboxylic acids is 1. The fourth-order valence-corrected chi connectivity index (χ4v) is 2.75. The van der Waals surface area contributed by atoms with Crippen molar-refractivity contribution >= 4 is 27.5 Å². The van der Waals surface area contributed by atoms with Gasteiger partial charge in [0, 0.05) is 23.8 Å². The fourth-order valence-electron chi connectivity index (χ4n) is 2.29. The topological polar surface area (TPSA) is 69.6 Å². The summed E-state index contributed by atoms with van der Waals surface area (Å²) in [5, 5.41) is 2.77. The average Bonchev–Trinajstić information content (AvgIpc) is 2.51. The zero-order valence-electron chi connectivity index (χ0n) is 12.5. The summed E-state index contributed by atoms with van der Waals surface area (Å²) >= 11 is 3.45. The molecule has 0 fully saturated rings. The molecule has 3 rings (SSSR count). The maximum atomic E-state index is 12.2. The SMILES string of the molecule is Cn1cc(NC(=O)Cc2cc3c(cc2Br)OCCO3)ccc1=O. The number of fused-ring (bicyclic) bond motifs is 1. The molecule has 1 aliphatic rings. The van der Waals surface area contributed by atoms with Gasteiger partial charge in [0.15, 0.2) is 11.5 Å². The van der Waals surface area contributed by atoms with E-state index >= 15 is 0 Å². The molecule has 0 saturated heterocycles. The highest BCUT2D eigenvalue weighted by Gasteiger charge is 2.16. The van der Waals surface area contributed by atoms with Gasteiger partial charge in [0.25, 0.3) is 0 Å². The highest BCUT2D eigenvalue weighted by molar-refractivity contribution is 9.10. The first-order valence-electron chi connectivity index (χ1n) is 7.07. The zero-order valence-corrected chi connectivity index (χ0v) is 14.1. The molecular formula is C16H15BrN2O4. The van der Waals surface area contributed by atoms with Gasteiger partial charge in [0.2, 0.25) is 11.5 Å². The molecular weight excluding hydrogens is 364 g/mol. The van der Waals surface area contributed by atoms with E-state index in [9.17, 15) is 9.59 Å². The number of hydrogen-bond acceptors (Lipinski definition) is 4. The van der Waals surface area contributed by atoms with Gasteiger partial charge in [-0.25, -0.2) is 0 Å². The summed E-state index contributed by atoms with van der Waals surface area (Å²) in [7, 11) is 1.63. The molecule has 0 aliphatic carbocycles. The standard InChI is InChI=1S/C16H15BrN2O4/c1-19-9-11(2-3-16(19)21)18-15(20)7-10-6-13-14(8-12(10)17)23-5-4-22-13/h2-3,6,8-9H,4-5,7H2,1H3,(H,18,20). The van der Waals surface area contributed by atoms with E-state index in [2.05, 4.69) is 21.2 Å². The van der Waals surface area contributed by atoms with E-state index in [-0.39, 0.29) is 17.9 Å². The number of nitrogens with zero attached hydrogens (tertiary/aromatic N) is 1. The monoisotopic (exact) mass is 378 g/mol. The van der Waals surface area contributed by atoms with E-state index in [1.54, 1.807) is 25.4 Å². The second kappa shape index (κ2) is 6.45. The van der Waals surface area contributed by atoms with Crippen molar-refractivity contribution in [1.82, 2.24) is 4.57 Å². The summed E-state index contributed by atoms with van der Waals surface area (Å²) in [5.74, 6) is 1.13. The Labute approximate surface area is 141 Å². The Bertz CT molecular complexity index is 816. The van der Waals surface area contributed by atoms with Crippen molar-refractivity contribution < 1.29 is 14.3 Å². The first kappa shape index (κ1) is 15.6. The smallest absolute Gasteiger partial charge is 0.250 e. The molecule has 1 aromatic carbocycles. The second-order valence-corrected chi connectivity index (χ2v) is 6.03. The molecule has 1 aliphatic heterocycles. The zero-order chi connectivity index (χ0) is 16.4. The van der Waals surface area contributed by atoms with Crippen LogP contribution in [-0.2, 0) is 18.3 Å². The molecule has 2 aromatic rings. The summed E-state index contributed by atoms with van der Waals surface area (Å²) in [6.07, 6.45) is 1.76. The first-order chi connectivity index (χ1) is 11.0. The van der Waals surface area contributed by atoms with E-state index in [0.717, 1.165) is 10.0 Å². The normalized spacial score (nSPS) is 12.8. The van der Waals surface area contributed by atoms with Crippen LogP contribution in [0.4, 0.5) is 5.69 Å². The first-order valence-corrected chi connectivity index (χ1v) is 7.87. The van der Waals surface area contributed by atoms with Crippen molar-refractivity contribution in [2.45, 2.75) is 6.42 Å². The number of ether oxygens (including phenoxy) is 2. The third kappa shape index (κ3) is 3.56. The van der Waals surface area contributed by atoms with Crippen LogP contribution in [0.15, 0.2) is 39.7 Å². The molecule has 120 valence electrons. The molecule has 1 aromatic heterocycles. The van der Waals surface area contributed by atoms with Crippen molar-refractivity contribution in [3.63, 3.8) is 0 Å². The number of carbonyl (C=O) groups is 1. The molecule has 7 heteroatoms. The van der Waals surface area contributed by atoms with E-state index in [0.29, 0.717) is 30.4 Å². The van der Waals surface area contributed by atoms with E-state index in [4.69, 9.17) is 9.47 Å². The van der Waals surface area contributed by atoms with Gasteiger partial charge < -0.3 is 19.4 Å². The number of aryl methyl sites for hydroxylation is 1. The number of benzene rings is 1. The predicted octanol–water partition coefficient (Wildman–Crippen LogP) is 2.10. The maximum absolute atomic E-state index is 12.2. The van der Waals surface area contributed by atoms with Crippen molar-refractivity contribution in [3.05, 3.63) is 50.9 Å². The van der Waals surface area contributed by atoms with Gasteiger partial charge in [-0.05, 0) is 23.8 Å². The van der Waals surface area contributed by atoms with Crippen LogP contribution in [0.3, 0.4) is 0 Å². The lowest BCUT2D eigenvalue weighted by Crippen LogP contribution is -2.19. The molecule has 6 nitrogen and oxygen atoms in total. The Morgan fingerprint density at radius 2 is 1.96 bits per heavy atom. The second-order valence-electron chi connectivity index (χ2n) is 5.18. The Hall–Kier alpha value is -2.28. The average molecular weight is 379 g/mol. The molecule has 0 bridgehead atoms. The van der Waals surface area contributed by atoms with Gasteiger partial charge in [-0.15, -0.1) is 0 Å². The van der Waals surface area contributed by atoms with Crippen LogP contribution in [0.1, 0.15) is 5.56 Å². The number of nitrogens with one attached hydrogen (secondary N) is 1. The van der Waals surface area contributed by atoms with Gasteiger partial charge in [-0.1, -0.05) is 15.9 Å². The molecule has 2 heterocycles. The number of aromatic nitrogens is 1. The Morgan fingerprint density at radius 1 is 1.26 bits per heavy atom. The van der Waals surface area contributed by atoms with Crippen LogP contribution in [0.5, 0.6) is 11.5 Å². The lowest BCUT2D eigenvalue weighted by molar-refractivity contribution is -0.115. The van der Waals surface area contributed by atoms with Crippen LogP contribution < -0.4 is 20.3 Å². The van der Waals surface area contributed by atoms with Gasteiger partial charge in [-0.2, -0.15) is 0 Å². The molecule has 0 radical (unpaired) electrons. The minimum atomic E-state index is -0.180. The van der Waals surface area contributed by atoms with E-state index < -0.39 is 0 Å². The van der Waals surface area contributed by atoms with Gasteiger partial charge in [0.05, 0.1) is 12.1 Å². The summed E-state index contributed by atoms with van der Waals surface area (Å²) in [6, 6.07) is 6.61. The third-order valence-electron chi connectivity index (χ3n) is 3.43. The summed E-state index contributed by atoms with van der Waals surface area (Å²) < 4.78 is 13.2. The van der Waals surface area contributed by atoms with Crippen LogP contribution in [0, 0.1) is 0 Å². The Kier molecular flexibility index (Phi) is 4.38. The molecule has 1 N–H and O–H groups in total. The van der Waals surface area contributed by atoms with Gasteiger partial charge in [-0.3, -0.25) is 9.59 Å². The molecule has 0 saturated carbocycles. The lowest BCUT2D eigenvalue weighted by atomic mass is 10.1. The number of anilines is 1. The number of halogens is 1. The fraction of sp³-hybridized carbons (Fsp3) is 0.250. The van der Waals surface area contributed by atoms with Crippen molar-refractivity contribution in [2.75, 3.05) is 18.5 Å². The lowest BCUT2D eigenvalue weighted by Gasteiger charge is -2.19. The van der Waals surface area contributed by atoms with Crippen LogP contribution in [0.2, 0.25) is 0 Å². The molecule has 1 amide bonds. The minimum Gasteiger partial charge on any atom is -0.486 e. The Morgan fingerprint density at radius 3 is 2.65 bits per heavy atom. The van der Waals surface area contributed by atoms with Gasteiger partial charge in [0.1, 0.15) is 13.2 Å². The van der Waals surface area contributed by atoms with E-state index in [1.165, 1.54) is 10.6 Å². The highest BCUT2D eigenvalue weighted by atomic mass is 79.9. The van der Waals surface area contributed by atoms with Crippen LogP contribution >= 0.6 is 15.9 Å². The number of pyridine rings is 1. The van der Waals surface area contributed by atoms with Gasteiger partial charge >= 0.3 is 0 Å². The maximum Gasteiger partial charge on any atom is 0.250 e. The summed E-state index contributed by atoms with van der Waals surface area (Å²) in [6.45, 7) is 1.02. The predicted molar refractivity (Wildman–Crippen MR) is 89.1 cm³/mol. The minimum absolute atomic E-state index is 0.127. The molecule has 0 unspecified atom stereocenters. The summed E-state index contributed by atoms with van der Waals surface area (Å²) in [5.41, 5.74) is 1.25. The number of rotatable bonds is 3. The van der Waals surface area contributed by atoms with E-state index in [1.807, 2.05) is 6.07 Å². The van der Waals surface area contributed by atoms with Crippen molar-refractivity contribution in [3.8, 4) is 11.5 Å². The molecule has 0 spiro atoms. The number of amides is 1. The van der Waals surface area contributed by atoms with Crippen molar-refractivity contribution in [2.24, 2.45) is 7.05 Å². The molecule has 23 heavy (non-hydrogen) atoms. The largest absolute Gasteiger partial charge is 0.486 e. The summed E-state index contributed by atoms with van der Waals surface area (Å²) in [4.78, 5) is 23.6. The molecule has 0 atom stereocenters. The van der Waals surface area contributed by atoms with Crippen LogP contribution in [0.25, 0.3) is 0 Å². The number of hydrogen-bond donors (Lipinski definition) is 1. The third-order valence-corrected chi connectivity index (χ3v) is 4.17. The van der Waals surface area contributed by atoms with Crippen molar-refractivity contribution in [1.29, 1.82) is 0 Å². The Balaban J connectivity index is 1.74.